The molecule has 0 unspecified atom stereocenters. The highest BCUT2D eigenvalue weighted by molar-refractivity contribution is 7.85. The maximum atomic E-state index is 10.7. The third kappa shape index (κ3) is 3.50. The Bertz CT molecular complexity index is 496. The Balaban J connectivity index is 1.84. The molecule has 1 aromatic rings. The average Bonchev–Trinajstić information content (AvgIpc) is 2.70. The van der Waals surface area contributed by atoms with E-state index in [1.807, 2.05) is 0 Å². The first-order valence-electron chi connectivity index (χ1n) is 4.91. The zero-order valence-electron chi connectivity index (χ0n) is 9.21. The van der Waals surface area contributed by atoms with Gasteiger partial charge in [0.15, 0.2) is 11.5 Å². The van der Waals surface area contributed by atoms with Gasteiger partial charge in [0.05, 0.1) is 6.26 Å². The van der Waals surface area contributed by atoms with Crippen LogP contribution in [-0.2, 0) is 14.3 Å². The Morgan fingerprint density at radius 1 is 1.24 bits per heavy atom. The first-order chi connectivity index (χ1) is 8.04. The standard InChI is InChI=1S/C10H12O6S/c1-17(11,12)16-5-4-13-8-2-3-9-10(6-8)15-7-14-9/h2-3,6H,4-5,7H2,1H3. The summed E-state index contributed by atoms with van der Waals surface area (Å²) >= 11 is 0. The Kier molecular flexibility index (Phi) is 3.39. The van der Waals surface area contributed by atoms with E-state index >= 15 is 0 Å². The summed E-state index contributed by atoms with van der Waals surface area (Å²) in [6.45, 7) is 0.329. The summed E-state index contributed by atoms with van der Waals surface area (Å²) in [4.78, 5) is 0. The Labute approximate surface area is 99.2 Å². The smallest absolute Gasteiger partial charge is 0.264 e. The molecule has 0 bridgehead atoms. The van der Waals surface area contributed by atoms with Crippen LogP contribution in [0.15, 0.2) is 18.2 Å². The van der Waals surface area contributed by atoms with Crippen molar-refractivity contribution >= 4 is 10.1 Å². The van der Waals surface area contributed by atoms with Crippen molar-refractivity contribution in [2.75, 3.05) is 26.3 Å². The molecule has 1 aliphatic heterocycles. The van der Waals surface area contributed by atoms with Crippen LogP contribution in [0.5, 0.6) is 17.2 Å². The molecule has 94 valence electrons. The molecular formula is C10H12O6S. The molecule has 1 aliphatic rings. The van der Waals surface area contributed by atoms with Crippen LogP contribution in [-0.4, -0.2) is 34.7 Å². The van der Waals surface area contributed by atoms with Gasteiger partial charge in [-0.25, -0.2) is 0 Å². The highest BCUT2D eigenvalue weighted by Gasteiger charge is 2.13. The predicted octanol–water partition coefficient (Wildman–Crippen LogP) is 0.770. The zero-order chi connectivity index (χ0) is 12.3. The Morgan fingerprint density at radius 2 is 2.00 bits per heavy atom. The van der Waals surface area contributed by atoms with Gasteiger partial charge in [0, 0.05) is 6.07 Å². The summed E-state index contributed by atoms with van der Waals surface area (Å²) in [6.07, 6.45) is 0.994. The summed E-state index contributed by atoms with van der Waals surface area (Å²) in [6, 6.07) is 5.13. The Hall–Kier alpha value is -1.47. The van der Waals surface area contributed by atoms with Crippen LogP contribution < -0.4 is 14.2 Å². The van der Waals surface area contributed by atoms with Crippen LogP contribution in [0.4, 0.5) is 0 Å². The third-order valence-corrected chi connectivity index (χ3v) is 2.59. The molecule has 0 aromatic heterocycles. The van der Waals surface area contributed by atoms with Gasteiger partial charge in [0.2, 0.25) is 6.79 Å². The number of rotatable bonds is 5. The van der Waals surface area contributed by atoms with Gasteiger partial charge in [-0.1, -0.05) is 0 Å². The predicted molar refractivity (Wildman–Crippen MR) is 58.9 cm³/mol. The number of hydrogen-bond donors (Lipinski definition) is 0. The monoisotopic (exact) mass is 260 g/mol. The quantitative estimate of drug-likeness (QED) is 0.575. The number of ether oxygens (including phenoxy) is 3. The van der Waals surface area contributed by atoms with Crippen LogP contribution >= 0.6 is 0 Å². The molecule has 6 nitrogen and oxygen atoms in total. The SMILES string of the molecule is CS(=O)(=O)OCCOc1ccc2c(c1)OCO2. The van der Waals surface area contributed by atoms with E-state index in [0.29, 0.717) is 17.2 Å². The van der Waals surface area contributed by atoms with Crippen molar-refractivity contribution in [3.8, 4) is 17.2 Å². The van der Waals surface area contributed by atoms with Gasteiger partial charge in [-0.15, -0.1) is 0 Å². The van der Waals surface area contributed by atoms with E-state index in [1.165, 1.54) is 0 Å². The van der Waals surface area contributed by atoms with Crippen LogP contribution in [0.3, 0.4) is 0 Å². The molecule has 0 saturated carbocycles. The fourth-order valence-corrected chi connectivity index (χ4v) is 1.68. The molecule has 0 N–H and O–H groups in total. The summed E-state index contributed by atoms with van der Waals surface area (Å²) in [5, 5.41) is 0. The fourth-order valence-electron chi connectivity index (χ4n) is 1.31. The van der Waals surface area contributed by atoms with E-state index in [4.69, 9.17) is 14.2 Å². The minimum Gasteiger partial charge on any atom is -0.491 e. The van der Waals surface area contributed by atoms with Crippen molar-refractivity contribution in [2.24, 2.45) is 0 Å². The molecule has 0 atom stereocenters. The second kappa shape index (κ2) is 4.80. The van der Waals surface area contributed by atoms with E-state index in [0.717, 1.165) is 6.26 Å². The van der Waals surface area contributed by atoms with Gasteiger partial charge in [-0.3, -0.25) is 4.18 Å². The second-order valence-electron chi connectivity index (χ2n) is 3.39. The van der Waals surface area contributed by atoms with Crippen molar-refractivity contribution in [1.82, 2.24) is 0 Å². The van der Waals surface area contributed by atoms with Crippen LogP contribution in [0.2, 0.25) is 0 Å². The molecule has 0 radical (unpaired) electrons. The molecule has 1 heterocycles. The largest absolute Gasteiger partial charge is 0.491 e. The lowest BCUT2D eigenvalue weighted by atomic mass is 10.3. The van der Waals surface area contributed by atoms with Crippen molar-refractivity contribution in [1.29, 1.82) is 0 Å². The minimum absolute atomic E-state index is 0.0206. The molecule has 0 spiro atoms. The molecule has 2 rings (SSSR count). The lowest BCUT2D eigenvalue weighted by molar-refractivity contribution is 0.173. The highest BCUT2D eigenvalue weighted by Crippen LogP contribution is 2.34. The zero-order valence-corrected chi connectivity index (χ0v) is 10.0. The summed E-state index contributed by atoms with van der Waals surface area (Å²) in [5.41, 5.74) is 0. The van der Waals surface area contributed by atoms with Crippen LogP contribution in [0, 0.1) is 0 Å². The highest BCUT2D eigenvalue weighted by atomic mass is 32.2. The maximum absolute atomic E-state index is 10.7. The van der Waals surface area contributed by atoms with E-state index in [2.05, 4.69) is 4.18 Å². The van der Waals surface area contributed by atoms with Gasteiger partial charge in [0.1, 0.15) is 19.0 Å². The Morgan fingerprint density at radius 3 is 2.76 bits per heavy atom. The number of hydrogen-bond acceptors (Lipinski definition) is 6. The van der Waals surface area contributed by atoms with E-state index in [9.17, 15) is 8.42 Å². The summed E-state index contributed by atoms with van der Waals surface area (Å²) < 4.78 is 41.5. The van der Waals surface area contributed by atoms with Gasteiger partial charge in [0.25, 0.3) is 10.1 Å². The lowest BCUT2D eigenvalue weighted by Gasteiger charge is -2.06. The maximum Gasteiger partial charge on any atom is 0.264 e. The fraction of sp³-hybridized carbons (Fsp3) is 0.400. The molecule has 0 amide bonds. The van der Waals surface area contributed by atoms with E-state index < -0.39 is 10.1 Å². The first kappa shape index (κ1) is 12.0. The van der Waals surface area contributed by atoms with Gasteiger partial charge in [-0.05, 0) is 12.1 Å². The number of fused-ring (bicyclic) bond motifs is 1. The second-order valence-corrected chi connectivity index (χ2v) is 5.03. The topological polar surface area (TPSA) is 71.1 Å². The van der Waals surface area contributed by atoms with Crippen LogP contribution in [0.25, 0.3) is 0 Å². The van der Waals surface area contributed by atoms with Crippen LogP contribution in [0.1, 0.15) is 0 Å². The summed E-state index contributed by atoms with van der Waals surface area (Å²) in [7, 11) is -3.41. The molecule has 0 fully saturated rings. The third-order valence-electron chi connectivity index (χ3n) is 1.99. The molecule has 1 aromatic carbocycles. The van der Waals surface area contributed by atoms with Crippen molar-refractivity contribution in [2.45, 2.75) is 0 Å². The summed E-state index contributed by atoms with van der Waals surface area (Å²) in [5.74, 6) is 1.86. The van der Waals surface area contributed by atoms with Crippen molar-refractivity contribution < 1.29 is 26.8 Å². The molecule has 17 heavy (non-hydrogen) atoms. The van der Waals surface area contributed by atoms with E-state index in [-0.39, 0.29) is 20.0 Å². The van der Waals surface area contributed by atoms with Crippen molar-refractivity contribution in [3.05, 3.63) is 18.2 Å². The number of benzene rings is 1. The molecule has 7 heteroatoms. The van der Waals surface area contributed by atoms with Crippen molar-refractivity contribution in [3.63, 3.8) is 0 Å². The van der Waals surface area contributed by atoms with Gasteiger partial charge >= 0.3 is 0 Å². The minimum atomic E-state index is -3.41. The molecule has 0 aliphatic carbocycles. The van der Waals surface area contributed by atoms with Gasteiger partial charge < -0.3 is 14.2 Å². The molecular weight excluding hydrogens is 248 g/mol. The first-order valence-corrected chi connectivity index (χ1v) is 6.73. The normalized spacial score (nSPS) is 13.7. The van der Waals surface area contributed by atoms with Gasteiger partial charge in [-0.2, -0.15) is 8.42 Å². The lowest BCUT2D eigenvalue weighted by Crippen LogP contribution is -2.11. The molecule has 0 saturated heterocycles. The van der Waals surface area contributed by atoms with E-state index in [1.54, 1.807) is 18.2 Å². The average molecular weight is 260 g/mol.